The molecular weight excluding hydrogens is 373 g/mol. The number of nitrogens with zero attached hydrogens (tertiary/aromatic N) is 2. The van der Waals surface area contributed by atoms with Crippen molar-refractivity contribution in [2.75, 3.05) is 5.32 Å². The van der Waals surface area contributed by atoms with E-state index in [1.54, 1.807) is 28.8 Å². The van der Waals surface area contributed by atoms with Gasteiger partial charge in [0.2, 0.25) is 0 Å². The average Bonchev–Trinajstić information content (AvgIpc) is 3.27. The van der Waals surface area contributed by atoms with E-state index in [1.165, 1.54) is 34.8 Å². The molecule has 0 bridgehead atoms. The Morgan fingerprint density at radius 2 is 2.00 bits per heavy atom. The SMILES string of the molecule is O=C(Nc1nc2c(s1)CCCC2)c1csc(COc2ccc(F)cc2)n1. The Labute approximate surface area is 157 Å². The molecule has 2 heterocycles. The minimum Gasteiger partial charge on any atom is -0.486 e. The van der Waals surface area contributed by atoms with Gasteiger partial charge in [-0.1, -0.05) is 0 Å². The van der Waals surface area contributed by atoms with Crippen molar-refractivity contribution >= 4 is 33.7 Å². The van der Waals surface area contributed by atoms with Crippen molar-refractivity contribution in [3.63, 3.8) is 0 Å². The zero-order valence-electron chi connectivity index (χ0n) is 13.8. The molecule has 0 fully saturated rings. The van der Waals surface area contributed by atoms with Crippen LogP contribution in [0.1, 0.15) is 38.9 Å². The van der Waals surface area contributed by atoms with Gasteiger partial charge >= 0.3 is 0 Å². The second-order valence-electron chi connectivity index (χ2n) is 5.92. The fraction of sp³-hybridized carbons (Fsp3) is 0.278. The van der Waals surface area contributed by atoms with Crippen molar-refractivity contribution in [2.24, 2.45) is 0 Å². The smallest absolute Gasteiger partial charge is 0.276 e. The molecule has 3 aromatic rings. The summed E-state index contributed by atoms with van der Waals surface area (Å²) < 4.78 is 18.4. The molecule has 1 amide bonds. The van der Waals surface area contributed by atoms with Crippen molar-refractivity contribution in [1.29, 1.82) is 0 Å². The molecule has 1 N–H and O–H groups in total. The quantitative estimate of drug-likeness (QED) is 0.700. The number of benzene rings is 1. The molecule has 0 saturated carbocycles. The average molecular weight is 389 g/mol. The molecule has 0 aliphatic heterocycles. The van der Waals surface area contributed by atoms with Crippen LogP contribution in [-0.4, -0.2) is 15.9 Å². The second-order valence-corrected chi connectivity index (χ2v) is 7.95. The summed E-state index contributed by atoms with van der Waals surface area (Å²) in [5, 5.41) is 5.86. The van der Waals surface area contributed by atoms with Gasteiger partial charge in [-0.15, -0.1) is 22.7 Å². The number of aromatic nitrogens is 2. The predicted octanol–water partition coefficient (Wildman–Crippen LogP) is 4.45. The van der Waals surface area contributed by atoms with E-state index in [0.717, 1.165) is 25.0 Å². The third kappa shape index (κ3) is 3.91. The standard InChI is InChI=1S/C18H16FN3O2S2/c19-11-5-7-12(8-6-11)24-9-16-20-14(10-25-16)17(23)22-18-21-13-3-1-2-4-15(13)26-18/h5-8,10H,1-4,9H2,(H,21,22,23). The largest absolute Gasteiger partial charge is 0.486 e. The number of carbonyl (C=O) groups excluding carboxylic acids is 1. The number of anilines is 1. The van der Waals surface area contributed by atoms with E-state index in [0.29, 0.717) is 21.6 Å². The van der Waals surface area contributed by atoms with Crippen LogP contribution in [0.15, 0.2) is 29.6 Å². The highest BCUT2D eigenvalue weighted by Crippen LogP contribution is 2.29. The minimum absolute atomic E-state index is 0.231. The maximum absolute atomic E-state index is 12.9. The summed E-state index contributed by atoms with van der Waals surface area (Å²) in [6.07, 6.45) is 4.38. The number of rotatable bonds is 5. The number of hydrogen-bond donors (Lipinski definition) is 1. The predicted molar refractivity (Wildman–Crippen MR) is 99.6 cm³/mol. The summed E-state index contributed by atoms with van der Waals surface area (Å²) in [6, 6.07) is 5.79. The Kier molecular flexibility index (Phi) is 4.94. The number of hydrogen-bond acceptors (Lipinski definition) is 6. The summed E-state index contributed by atoms with van der Waals surface area (Å²) >= 11 is 2.90. The molecule has 0 unspecified atom stereocenters. The Hall–Kier alpha value is -2.32. The van der Waals surface area contributed by atoms with E-state index >= 15 is 0 Å². The number of thiazole rings is 2. The van der Waals surface area contributed by atoms with Gasteiger partial charge in [0.25, 0.3) is 5.91 Å². The van der Waals surface area contributed by atoms with Crippen molar-refractivity contribution in [1.82, 2.24) is 9.97 Å². The topological polar surface area (TPSA) is 64.1 Å². The highest BCUT2D eigenvalue weighted by Gasteiger charge is 2.18. The number of carbonyl (C=O) groups is 1. The van der Waals surface area contributed by atoms with Crippen LogP contribution in [0.5, 0.6) is 5.75 Å². The molecule has 2 aromatic heterocycles. The summed E-state index contributed by atoms with van der Waals surface area (Å²) in [5.41, 5.74) is 1.46. The lowest BCUT2D eigenvalue weighted by molar-refractivity contribution is 0.102. The first-order valence-corrected chi connectivity index (χ1v) is 10.00. The maximum Gasteiger partial charge on any atom is 0.276 e. The van der Waals surface area contributed by atoms with E-state index in [9.17, 15) is 9.18 Å². The molecule has 26 heavy (non-hydrogen) atoms. The van der Waals surface area contributed by atoms with Gasteiger partial charge in [-0.25, -0.2) is 14.4 Å². The van der Waals surface area contributed by atoms with Crippen LogP contribution in [0.25, 0.3) is 0 Å². The van der Waals surface area contributed by atoms with Gasteiger partial charge < -0.3 is 4.74 Å². The van der Waals surface area contributed by atoms with E-state index in [-0.39, 0.29) is 18.3 Å². The van der Waals surface area contributed by atoms with Crippen molar-refractivity contribution < 1.29 is 13.9 Å². The normalized spacial score (nSPS) is 13.3. The number of nitrogens with one attached hydrogen (secondary N) is 1. The van der Waals surface area contributed by atoms with Crippen molar-refractivity contribution in [3.05, 3.63) is 56.7 Å². The van der Waals surface area contributed by atoms with Gasteiger partial charge in [0.05, 0.1) is 5.69 Å². The van der Waals surface area contributed by atoms with Gasteiger partial charge in [-0.2, -0.15) is 0 Å². The van der Waals surface area contributed by atoms with Crippen LogP contribution in [0.4, 0.5) is 9.52 Å². The van der Waals surface area contributed by atoms with E-state index < -0.39 is 0 Å². The molecule has 5 nitrogen and oxygen atoms in total. The number of ether oxygens (including phenoxy) is 1. The molecule has 0 spiro atoms. The molecule has 134 valence electrons. The number of halogens is 1. The first kappa shape index (κ1) is 17.1. The zero-order valence-corrected chi connectivity index (χ0v) is 15.5. The van der Waals surface area contributed by atoms with Gasteiger partial charge in [0.1, 0.15) is 28.9 Å². The highest BCUT2D eigenvalue weighted by atomic mass is 32.1. The second kappa shape index (κ2) is 7.51. The number of aryl methyl sites for hydroxylation is 2. The molecule has 0 atom stereocenters. The van der Waals surface area contributed by atoms with E-state index in [2.05, 4.69) is 15.3 Å². The van der Waals surface area contributed by atoms with Gasteiger partial charge in [0, 0.05) is 10.3 Å². The molecule has 0 radical (unpaired) electrons. The fourth-order valence-corrected chi connectivity index (χ4v) is 4.45. The molecule has 1 aliphatic carbocycles. The molecule has 1 aromatic carbocycles. The Morgan fingerprint density at radius 3 is 2.81 bits per heavy atom. The first-order chi connectivity index (χ1) is 12.7. The Morgan fingerprint density at radius 1 is 1.19 bits per heavy atom. The third-order valence-electron chi connectivity index (χ3n) is 4.03. The summed E-state index contributed by atoms with van der Waals surface area (Å²) in [5.74, 6) is -0.0178. The number of amides is 1. The number of fused-ring (bicyclic) bond motifs is 1. The zero-order chi connectivity index (χ0) is 17.9. The summed E-state index contributed by atoms with van der Waals surface area (Å²) in [6.45, 7) is 0.231. The minimum atomic E-state index is -0.311. The van der Waals surface area contributed by atoms with Crippen molar-refractivity contribution in [2.45, 2.75) is 32.3 Å². The van der Waals surface area contributed by atoms with Gasteiger partial charge in [-0.05, 0) is 49.9 Å². The lowest BCUT2D eigenvalue weighted by Gasteiger charge is -2.06. The fourth-order valence-electron chi connectivity index (χ4n) is 2.72. The lowest BCUT2D eigenvalue weighted by atomic mass is 10.0. The lowest BCUT2D eigenvalue weighted by Crippen LogP contribution is -2.12. The van der Waals surface area contributed by atoms with Gasteiger partial charge in [-0.3, -0.25) is 10.1 Å². The Balaban J connectivity index is 1.36. The summed E-state index contributed by atoms with van der Waals surface area (Å²) in [4.78, 5) is 22.5. The third-order valence-corrected chi connectivity index (χ3v) is 5.92. The molecule has 8 heteroatoms. The molecule has 0 saturated heterocycles. The molecule has 1 aliphatic rings. The van der Waals surface area contributed by atoms with E-state index in [4.69, 9.17) is 4.74 Å². The molecular formula is C18H16FN3O2S2. The van der Waals surface area contributed by atoms with Gasteiger partial charge in [0.15, 0.2) is 5.13 Å². The van der Waals surface area contributed by atoms with Crippen molar-refractivity contribution in [3.8, 4) is 5.75 Å². The monoisotopic (exact) mass is 389 g/mol. The van der Waals surface area contributed by atoms with Crippen LogP contribution in [-0.2, 0) is 19.4 Å². The van der Waals surface area contributed by atoms with Crippen LogP contribution < -0.4 is 10.1 Å². The summed E-state index contributed by atoms with van der Waals surface area (Å²) in [7, 11) is 0. The molecule has 4 rings (SSSR count). The van der Waals surface area contributed by atoms with Crippen LogP contribution >= 0.6 is 22.7 Å². The van der Waals surface area contributed by atoms with Crippen LogP contribution in [0, 0.1) is 5.82 Å². The Bertz CT molecular complexity index is 897. The van der Waals surface area contributed by atoms with E-state index in [1.807, 2.05) is 0 Å². The highest BCUT2D eigenvalue weighted by molar-refractivity contribution is 7.16. The maximum atomic E-state index is 12.9. The van der Waals surface area contributed by atoms with Crippen LogP contribution in [0.3, 0.4) is 0 Å². The first-order valence-electron chi connectivity index (χ1n) is 8.30. The van der Waals surface area contributed by atoms with Crippen LogP contribution in [0.2, 0.25) is 0 Å².